The van der Waals surface area contributed by atoms with E-state index in [0.717, 1.165) is 17.1 Å². The molecule has 4 aromatic rings. The topological polar surface area (TPSA) is 96.0 Å². The molecule has 236 valence electrons. The third-order valence-corrected chi connectivity index (χ3v) is 9.57. The second-order valence-electron chi connectivity index (χ2n) is 10.3. The second-order valence-corrected chi connectivity index (χ2v) is 13.0. The number of nitrogens with one attached hydrogen (secondary N) is 1. The number of carbonyl (C=O) groups excluding carboxylic acids is 2. The van der Waals surface area contributed by atoms with Crippen LogP contribution in [0, 0.1) is 0 Å². The van der Waals surface area contributed by atoms with Gasteiger partial charge in [0.1, 0.15) is 24.1 Å². The fourth-order valence-corrected chi connectivity index (χ4v) is 6.26. The van der Waals surface area contributed by atoms with E-state index in [1.54, 1.807) is 79.7 Å². The first kappa shape index (κ1) is 33.8. The van der Waals surface area contributed by atoms with Crippen LogP contribution in [-0.4, -0.2) is 44.3 Å². The molecule has 11 heteroatoms. The number of benzene rings is 4. The number of para-hydroxylation sites is 1. The molecule has 0 heterocycles. The Kier molecular flexibility index (Phi) is 11.9. The number of unbranched alkanes of at least 4 members (excludes halogenated alkanes) is 1. The van der Waals surface area contributed by atoms with E-state index in [0.29, 0.717) is 33.7 Å². The average molecular weight is 669 g/mol. The Morgan fingerprint density at radius 1 is 0.844 bits per heavy atom. The van der Waals surface area contributed by atoms with Gasteiger partial charge in [-0.2, -0.15) is 0 Å². The van der Waals surface area contributed by atoms with Gasteiger partial charge in [0.2, 0.25) is 11.8 Å². The molecule has 2 amide bonds. The minimum absolute atomic E-state index is 0.00116. The highest BCUT2D eigenvalue weighted by molar-refractivity contribution is 7.92. The lowest BCUT2D eigenvalue weighted by atomic mass is 10.1. The van der Waals surface area contributed by atoms with Crippen molar-refractivity contribution in [1.29, 1.82) is 0 Å². The predicted molar refractivity (Wildman–Crippen MR) is 178 cm³/mol. The van der Waals surface area contributed by atoms with Gasteiger partial charge in [-0.3, -0.25) is 13.9 Å². The molecule has 8 nitrogen and oxygen atoms in total. The Morgan fingerprint density at radius 2 is 1.47 bits per heavy atom. The molecule has 0 unspecified atom stereocenters. The molecule has 45 heavy (non-hydrogen) atoms. The van der Waals surface area contributed by atoms with Gasteiger partial charge < -0.3 is 15.0 Å². The van der Waals surface area contributed by atoms with Gasteiger partial charge in [0.15, 0.2) is 0 Å². The molecule has 1 N–H and O–H groups in total. The van der Waals surface area contributed by atoms with Crippen molar-refractivity contribution >= 4 is 50.7 Å². The first-order valence-electron chi connectivity index (χ1n) is 14.5. The van der Waals surface area contributed by atoms with E-state index in [2.05, 4.69) is 5.32 Å². The highest BCUT2D eigenvalue weighted by Crippen LogP contribution is 2.29. The Hall–Kier alpha value is -4.05. The van der Waals surface area contributed by atoms with Crippen LogP contribution in [0.1, 0.15) is 32.3 Å². The minimum Gasteiger partial charge on any atom is -0.457 e. The van der Waals surface area contributed by atoms with Crippen molar-refractivity contribution in [3.05, 3.63) is 119 Å². The predicted octanol–water partition coefficient (Wildman–Crippen LogP) is 7.31. The van der Waals surface area contributed by atoms with Crippen molar-refractivity contribution in [2.45, 2.75) is 44.2 Å². The number of amides is 2. The smallest absolute Gasteiger partial charge is 0.264 e. The molecule has 0 bridgehead atoms. The zero-order valence-corrected chi connectivity index (χ0v) is 27.4. The number of halogens is 2. The van der Waals surface area contributed by atoms with Gasteiger partial charge in [0, 0.05) is 13.1 Å². The van der Waals surface area contributed by atoms with Gasteiger partial charge in [0.05, 0.1) is 20.6 Å². The van der Waals surface area contributed by atoms with Crippen molar-refractivity contribution < 1.29 is 22.7 Å². The first-order chi connectivity index (χ1) is 21.6. The number of rotatable bonds is 14. The minimum atomic E-state index is -4.20. The monoisotopic (exact) mass is 667 g/mol. The molecule has 0 spiro atoms. The van der Waals surface area contributed by atoms with Crippen molar-refractivity contribution in [2.24, 2.45) is 0 Å². The van der Waals surface area contributed by atoms with Crippen molar-refractivity contribution in [3.63, 3.8) is 0 Å². The summed E-state index contributed by atoms with van der Waals surface area (Å²) in [6.07, 6.45) is 1.67. The summed E-state index contributed by atoms with van der Waals surface area (Å²) in [5.41, 5.74) is 0.882. The normalized spacial score (nSPS) is 11.8. The lowest BCUT2D eigenvalue weighted by Gasteiger charge is -2.32. The number of nitrogens with zero attached hydrogens (tertiary/aromatic N) is 2. The summed E-state index contributed by atoms with van der Waals surface area (Å²) < 4.78 is 34.9. The van der Waals surface area contributed by atoms with Crippen LogP contribution >= 0.6 is 23.2 Å². The second kappa shape index (κ2) is 15.8. The van der Waals surface area contributed by atoms with Crippen LogP contribution < -0.4 is 14.4 Å². The summed E-state index contributed by atoms with van der Waals surface area (Å²) in [7, 11) is -4.20. The molecule has 0 aliphatic carbocycles. The molecule has 0 fully saturated rings. The van der Waals surface area contributed by atoms with E-state index in [-0.39, 0.29) is 23.0 Å². The summed E-state index contributed by atoms with van der Waals surface area (Å²) in [5, 5.41) is 3.52. The van der Waals surface area contributed by atoms with Crippen molar-refractivity contribution in [1.82, 2.24) is 10.2 Å². The molecule has 0 aliphatic heterocycles. The summed E-state index contributed by atoms with van der Waals surface area (Å²) >= 11 is 12.4. The van der Waals surface area contributed by atoms with Crippen LogP contribution in [0.4, 0.5) is 5.69 Å². The Bertz CT molecular complexity index is 1690. The fourth-order valence-electron chi connectivity index (χ4n) is 4.51. The van der Waals surface area contributed by atoms with Gasteiger partial charge in [-0.15, -0.1) is 0 Å². The zero-order valence-electron chi connectivity index (χ0n) is 25.0. The van der Waals surface area contributed by atoms with E-state index < -0.39 is 28.5 Å². The molecular weight excluding hydrogens is 633 g/mol. The number of hydrogen-bond acceptors (Lipinski definition) is 5. The van der Waals surface area contributed by atoms with Crippen molar-refractivity contribution in [3.8, 4) is 11.5 Å². The molecule has 0 radical (unpaired) electrons. The Balaban J connectivity index is 1.68. The maximum atomic E-state index is 14.1. The fraction of sp³-hybridized carbons (Fsp3) is 0.235. The maximum Gasteiger partial charge on any atom is 0.264 e. The van der Waals surface area contributed by atoms with Crippen molar-refractivity contribution in [2.75, 3.05) is 17.4 Å². The van der Waals surface area contributed by atoms with E-state index >= 15 is 0 Å². The third-order valence-electron chi connectivity index (χ3n) is 7.05. The average Bonchev–Trinajstić information content (AvgIpc) is 3.05. The molecule has 0 saturated heterocycles. The SMILES string of the molecule is CCCCNC(=O)[C@H](C)N(Cc1ccc(Cl)c(Cl)c1)C(=O)CN(c1ccc(Oc2ccccc2)cc1)S(=O)(=O)c1ccccc1. The summed E-state index contributed by atoms with van der Waals surface area (Å²) in [5.74, 6) is 0.186. The van der Waals surface area contributed by atoms with E-state index in [1.165, 1.54) is 17.0 Å². The van der Waals surface area contributed by atoms with E-state index in [9.17, 15) is 18.0 Å². The molecule has 0 aliphatic rings. The third kappa shape index (κ3) is 9.00. The summed E-state index contributed by atoms with van der Waals surface area (Å²) in [6, 6.07) is 27.5. The van der Waals surface area contributed by atoms with Crippen LogP contribution in [0.5, 0.6) is 11.5 Å². The van der Waals surface area contributed by atoms with Gasteiger partial charge in [-0.25, -0.2) is 8.42 Å². The quantitative estimate of drug-likeness (QED) is 0.142. The molecular formula is C34H35Cl2N3O5S. The van der Waals surface area contributed by atoms with Crippen LogP contribution in [0.3, 0.4) is 0 Å². The number of ether oxygens (including phenoxy) is 1. The molecule has 1 atom stereocenters. The summed E-state index contributed by atoms with van der Waals surface area (Å²) in [4.78, 5) is 28.6. The number of sulfonamides is 1. The van der Waals surface area contributed by atoms with Gasteiger partial charge >= 0.3 is 0 Å². The number of anilines is 1. The van der Waals surface area contributed by atoms with E-state index in [1.807, 2.05) is 25.1 Å². The van der Waals surface area contributed by atoms with Gasteiger partial charge in [0.25, 0.3) is 10.0 Å². The van der Waals surface area contributed by atoms with Crippen LogP contribution in [-0.2, 0) is 26.2 Å². The van der Waals surface area contributed by atoms with Crippen LogP contribution in [0.2, 0.25) is 10.0 Å². The standard InChI is InChI=1S/C34H35Cl2N3O5S/c1-3-4-21-37-34(41)25(2)38(23-26-15-20-31(35)32(36)22-26)33(40)24-39(45(42,43)30-13-9-6-10-14-30)27-16-18-29(19-17-27)44-28-11-7-5-8-12-28/h5-20,22,25H,3-4,21,23-24H2,1-2H3,(H,37,41)/t25-/m0/s1. The number of carbonyl (C=O) groups is 2. The molecule has 0 saturated carbocycles. The number of hydrogen-bond donors (Lipinski definition) is 1. The van der Waals surface area contributed by atoms with Gasteiger partial charge in [-0.05, 0) is 79.6 Å². The van der Waals surface area contributed by atoms with E-state index in [4.69, 9.17) is 27.9 Å². The Labute approximate surface area is 274 Å². The van der Waals surface area contributed by atoms with Gasteiger partial charge in [-0.1, -0.05) is 79.0 Å². The van der Waals surface area contributed by atoms with Crippen LogP contribution in [0.15, 0.2) is 108 Å². The lowest BCUT2D eigenvalue weighted by Crippen LogP contribution is -2.51. The molecule has 0 aromatic heterocycles. The zero-order chi connectivity index (χ0) is 32.4. The summed E-state index contributed by atoms with van der Waals surface area (Å²) in [6.45, 7) is 3.52. The highest BCUT2D eigenvalue weighted by atomic mass is 35.5. The highest BCUT2D eigenvalue weighted by Gasteiger charge is 2.32. The largest absolute Gasteiger partial charge is 0.457 e. The molecule has 4 aromatic carbocycles. The van der Waals surface area contributed by atoms with Crippen LogP contribution in [0.25, 0.3) is 0 Å². The lowest BCUT2D eigenvalue weighted by molar-refractivity contribution is -0.139. The first-order valence-corrected chi connectivity index (χ1v) is 16.7. The molecule has 4 rings (SSSR count). The Morgan fingerprint density at radius 3 is 2.09 bits per heavy atom. The maximum absolute atomic E-state index is 14.1.